The van der Waals surface area contributed by atoms with Crippen LogP contribution in [0.2, 0.25) is 0 Å². The summed E-state index contributed by atoms with van der Waals surface area (Å²) in [5.74, 6) is -0.143. The highest BCUT2D eigenvalue weighted by atomic mass is 31.2. The summed E-state index contributed by atoms with van der Waals surface area (Å²) in [5.41, 5.74) is 1.61. The quantitative estimate of drug-likeness (QED) is 0.630. The van der Waals surface area contributed by atoms with Crippen molar-refractivity contribution in [1.82, 2.24) is 4.57 Å². The van der Waals surface area contributed by atoms with Gasteiger partial charge in [-0.3, -0.25) is 9.36 Å². The van der Waals surface area contributed by atoms with Crippen molar-refractivity contribution in [2.45, 2.75) is 0 Å². The molecular weight excluding hydrogens is 249 g/mol. The molecule has 2 rings (SSSR count). The molecule has 0 aliphatic carbocycles. The van der Waals surface area contributed by atoms with E-state index in [0.29, 0.717) is 5.56 Å². The molecule has 1 aromatic carbocycles. The zero-order valence-corrected chi connectivity index (χ0v) is 11.6. The maximum absolute atomic E-state index is 12.1. The Morgan fingerprint density at radius 3 is 2.67 bits per heavy atom. The topological polar surface area (TPSA) is 48.3 Å². The highest BCUT2D eigenvalue weighted by Gasteiger charge is 2.16. The van der Waals surface area contributed by atoms with Gasteiger partial charge in [-0.25, -0.2) is 0 Å². The van der Waals surface area contributed by atoms with E-state index in [0.717, 1.165) is 10.9 Å². The van der Waals surface area contributed by atoms with Gasteiger partial charge in [0, 0.05) is 43.0 Å². The fraction of sp³-hybridized carbons (Fsp3) is 0.308. The molecule has 0 aliphatic rings. The number of ketones is 1. The van der Waals surface area contributed by atoms with Crippen LogP contribution in [0, 0.1) is 0 Å². The Morgan fingerprint density at radius 1 is 1.33 bits per heavy atom. The van der Waals surface area contributed by atoms with E-state index < -0.39 is 7.37 Å². The molecule has 0 atom stereocenters. The number of carbonyl (C=O) groups excluding carboxylic acids is 1. The Balaban J connectivity index is 2.31. The summed E-state index contributed by atoms with van der Waals surface area (Å²) in [6.45, 7) is 2.87. The van der Waals surface area contributed by atoms with Gasteiger partial charge in [0.25, 0.3) is 0 Å². The van der Waals surface area contributed by atoms with Crippen LogP contribution in [0.3, 0.4) is 0 Å². The molecule has 4 nitrogen and oxygen atoms in total. The molecule has 2 aromatic rings. The second-order valence-corrected chi connectivity index (χ2v) is 7.38. The van der Waals surface area contributed by atoms with Crippen molar-refractivity contribution in [2.75, 3.05) is 19.9 Å². The molecule has 0 saturated heterocycles. The van der Waals surface area contributed by atoms with E-state index in [1.807, 2.05) is 35.9 Å². The smallest absolute Gasteiger partial charge is 0.197 e. The van der Waals surface area contributed by atoms with E-state index in [2.05, 4.69) is 0 Å². The first-order valence-corrected chi connectivity index (χ1v) is 8.17. The molecule has 0 unspecified atom stereocenters. The van der Waals surface area contributed by atoms with Gasteiger partial charge < -0.3 is 9.09 Å². The van der Waals surface area contributed by atoms with Gasteiger partial charge in [0.2, 0.25) is 0 Å². The van der Waals surface area contributed by atoms with Gasteiger partial charge in [-0.05, 0) is 6.07 Å². The van der Waals surface area contributed by atoms with Gasteiger partial charge in [0.15, 0.2) is 13.2 Å². The standard InChI is InChI=1S/C13H16NO3P/c1-14-8-11(10-6-4-5-7-12(10)14)13(15)9-17-18(2,3)16/h4-8H,9H2,1-3H3. The summed E-state index contributed by atoms with van der Waals surface area (Å²) in [4.78, 5) is 12.1. The minimum atomic E-state index is -2.62. The molecule has 18 heavy (non-hydrogen) atoms. The lowest BCUT2D eigenvalue weighted by atomic mass is 10.1. The fourth-order valence-corrected chi connectivity index (χ4v) is 2.28. The number of carbonyl (C=O) groups is 1. The Bertz CT molecular complexity index is 639. The van der Waals surface area contributed by atoms with Crippen LogP contribution in [-0.2, 0) is 16.1 Å². The minimum Gasteiger partial charge on any atom is -0.350 e. The van der Waals surface area contributed by atoms with E-state index in [4.69, 9.17) is 4.52 Å². The van der Waals surface area contributed by atoms with E-state index in [9.17, 15) is 9.36 Å². The van der Waals surface area contributed by atoms with Gasteiger partial charge in [-0.2, -0.15) is 0 Å². The molecule has 0 spiro atoms. The summed E-state index contributed by atoms with van der Waals surface area (Å²) < 4.78 is 18.4. The van der Waals surface area contributed by atoms with Crippen molar-refractivity contribution < 1.29 is 13.9 Å². The number of para-hydroxylation sites is 1. The zero-order valence-electron chi connectivity index (χ0n) is 10.7. The molecule has 0 fully saturated rings. The second kappa shape index (κ2) is 4.71. The monoisotopic (exact) mass is 265 g/mol. The molecule has 5 heteroatoms. The lowest BCUT2D eigenvalue weighted by Gasteiger charge is -2.06. The largest absolute Gasteiger partial charge is 0.350 e. The first-order chi connectivity index (χ1) is 8.38. The second-order valence-electron chi connectivity index (χ2n) is 4.62. The molecule has 0 saturated carbocycles. The SMILES string of the molecule is Cn1cc(C(=O)COP(C)(C)=O)c2ccccc21. The average molecular weight is 265 g/mol. The van der Waals surface area contributed by atoms with Crippen molar-refractivity contribution >= 4 is 24.1 Å². The molecular formula is C13H16NO3P. The van der Waals surface area contributed by atoms with E-state index in [1.54, 1.807) is 6.20 Å². The Morgan fingerprint density at radius 2 is 2.00 bits per heavy atom. The maximum atomic E-state index is 12.1. The van der Waals surface area contributed by atoms with Crippen LogP contribution in [0.15, 0.2) is 30.5 Å². The number of aryl methyl sites for hydroxylation is 1. The van der Waals surface area contributed by atoms with Crippen LogP contribution in [0.5, 0.6) is 0 Å². The van der Waals surface area contributed by atoms with Crippen molar-refractivity contribution in [1.29, 1.82) is 0 Å². The summed E-state index contributed by atoms with van der Waals surface area (Å²) in [5, 5.41) is 0.899. The number of aromatic nitrogens is 1. The molecule has 0 radical (unpaired) electrons. The van der Waals surface area contributed by atoms with Crippen molar-refractivity contribution in [3.05, 3.63) is 36.0 Å². The average Bonchev–Trinajstić information content (AvgIpc) is 2.64. The number of Topliss-reactive ketones (excluding diaryl/α,β-unsaturated/α-hetero) is 1. The number of hydrogen-bond acceptors (Lipinski definition) is 3. The summed E-state index contributed by atoms with van der Waals surface area (Å²) in [7, 11) is -0.728. The first kappa shape index (κ1) is 13.1. The van der Waals surface area contributed by atoms with E-state index >= 15 is 0 Å². The third-order valence-electron chi connectivity index (χ3n) is 2.70. The lowest BCUT2D eigenvalue weighted by molar-refractivity contribution is 0.0925. The normalized spacial score (nSPS) is 11.9. The van der Waals surface area contributed by atoms with Gasteiger partial charge in [-0.15, -0.1) is 0 Å². The number of nitrogens with zero attached hydrogens (tertiary/aromatic N) is 1. The summed E-state index contributed by atoms with van der Waals surface area (Å²) in [6, 6.07) is 7.68. The molecule has 0 amide bonds. The summed E-state index contributed by atoms with van der Waals surface area (Å²) >= 11 is 0. The van der Waals surface area contributed by atoms with Gasteiger partial charge in [-0.1, -0.05) is 18.2 Å². The Labute approximate surface area is 106 Å². The molecule has 0 bridgehead atoms. The van der Waals surface area contributed by atoms with Crippen LogP contribution in [0.1, 0.15) is 10.4 Å². The predicted octanol–water partition coefficient (Wildman–Crippen LogP) is 2.92. The van der Waals surface area contributed by atoms with Crippen molar-refractivity contribution in [3.8, 4) is 0 Å². The Kier molecular flexibility index (Phi) is 3.42. The highest BCUT2D eigenvalue weighted by Crippen LogP contribution is 2.37. The molecule has 1 heterocycles. The van der Waals surface area contributed by atoms with Crippen molar-refractivity contribution in [2.24, 2.45) is 7.05 Å². The third kappa shape index (κ3) is 2.71. The van der Waals surface area contributed by atoms with Crippen LogP contribution >= 0.6 is 7.37 Å². The van der Waals surface area contributed by atoms with E-state index in [-0.39, 0.29) is 12.4 Å². The van der Waals surface area contributed by atoms with Crippen LogP contribution < -0.4 is 0 Å². The van der Waals surface area contributed by atoms with Crippen LogP contribution in [0.4, 0.5) is 0 Å². The molecule has 0 aliphatic heterocycles. The third-order valence-corrected chi connectivity index (χ3v) is 3.45. The molecule has 96 valence electrons. The van der Waals surface area contributed by atoms with Crippen LogP contribution in [0.25, 0.3) is 10.9 Å². The fourth-order valence-electron chi connectivity index (χ4n) is 1.86. The molecule has 0 N–H and O–H groups in total. The summed E-state index contributed by atoms with van der Waals surface area (Å²) in [6.07, 6.45) is 1.78. The zero-order chi connectivity index (χ0) is 13.3. The molecule has 1 aromatic heterocycles. The van der Waals surface area contributed by atoms with Crippen molar-refractivity contribution in [3.63, 3.8) is 0 Å². The van der Waals surface area contributed by atoms with Gasteiger partial charge >= 0.3 is 0 Å². The van der Waals surface area contributed by atoms with Gasteiger partial charge in [0.05, 0.1) is 0 Å². The number of hydrogen-bond donors (Lipinski definition) is 0. The first-order valence-electron chi connectivity index (χ1n) is 5.65. The lowest BCUT2D eigenvalue weighted by Crippen LogP contribution is -2.07. The predicted molar refractivity (Wildman–Crippen MR) is 72.7 cm³/mol. The maximum Gasteiger partial charge on any atom is 0.197 e. The van der Waals surface area contributed by atoms with E-state index in [1.165, 1.54) is 13.3 Å². The van der Waals surface area contributed by atoms with Gasteiger partial charge in [0.1, 0.15) is 6.61 Å². The number of fused-ring (bicyclic) bond motifs is 1. The highest BCUT2D eigenvalue weighted by molar-refractivity contribution is 7.57. The number of rotatable bonds is 4. The Hall–Kier alpha value is -1.38. The number of benzene rings is 1. The minimum absolute atomic E-state index is 0.141. The van der Waals surface area contributed by atoms with Crippen LogP contribution in [-0.4, -0.2) is 30.3 Å².